The molecule has 0 aliphatic heterocycles. The summed E-state index contributed by atoms with van der Waals surface area (Å²) in [4.78, 5) is 20.6. The maximum absolute atomic E-state index is 12.1. The molecule has 1 N–H and O–H groups in total. The lowest BCUT2D eigenvalue weighted by molar-refractivity contribution is -0.116. The number of benzene rings is 1. The molecule has 138 valence electrons. The van der Waals surface area contributed by atoms with Crippen LogP contribution in [0.2, 0.25) is 0 Å². The third kappa shape index (κ3) is 4.92. The Bertz CT molecular complexity index is 939. The first-order chi connectivity index (χ1) is 13.2. The van der Waals surface area contributed by atoms with Crippen molar-refractivity contribution in [1.29, 1.82) is 0 Å². The number of hydrogen-bond donors (Lipinski definition) is 1. The van der Waals surface area contributed by atoms with Crippen LogP contribution in [0.1, 0.15) is 11.3 Å². The van der Waals surface area contributed by atoms with Crippen LogP contribution < -0.4 is 14.8 Å². The number of carbonyl (C=O) groups excluding carboxylic acids is 1. The van der Waals surface area contributed by atoms with Crippen LogP contribution in [0.25, 0.3) is 16.6 Å². The molecule has 0 saturated carbocycles. The molecule has 1 aromatic carbocycles. The normalized spacial score (nSPS) is 10.7. The van der Waals surface area contributed by atoms with Gasteiger partial charge in [0.05, 0.1) is 26.5 Å². The molecule has 0 bridgehead atoms. The third-order valence-electron chi connectivity index (χ3n) is 3.76. The Kier molecular flexibility index (Phi) is 6.17. The molecule has 0 fully saturated rings. The van der Waals surface area contributed by atoms with Crippen molar-refractivity contribution in [2.75, 3.05) is 14.2 Å². The van der Waals surface area contributed by atoms with E-state index in [1.807, 2.05) is 29.6 Å². The Labute approximate surface area is 161 Å². The molecule has 0 saturated heterocycles. The minimum atomic E-state index is -0.191. The number of thiazole rings is 1. The molecule has 0 radical (unpaired) electrons. The van der Waals surface area contributed by atoms with Gasteiger partial charge in [0.1, 0.15) is 5.01 Å². The van der Waals surface area contributed by atoms with Crippen molar-refractivity contribution >= 4 is 23.3 Å². The third-order valence-corrected chi connectivity index (χ3v) is 4.70. The van der Waals surface area contributed by atoms with Crippen LogP contribution >= 0.6 is 11.3 Å². The highest BCUT2D eigenvalue weighted by atomic mass is 32.1. The van der Waals surface area contributed by atoms with Crippen molar-refractivity contribution in [2.24, 2.45) is 0 Å². The number of nitrogens with one attached hydrogen (secondary N) is 1. The van der Waals surface area contributed by atoms with E-state index in [0.717, 1.165) is 21.8 Å². The van der Waals surface area contributed by atoms with E-state index in [-0.39, 0.29) is 5.91 Å². The molecule has 0 unspecified atom stereocenters. The summed E-state index contributed by atoms with van der Waals surface area (Å²) in [5.41, 5.74) is 2.68. The Morgan fingerprint density at radius 2 is 1.93 bits per heavy atom. The predicted molar refractivity (Wildman–Crippen MR) is 106 cm³/mol. The Balaban J connectivity index is 1.57. The summed E-state index contributed by atoms with van der Waals surface area (Å²) in [6, 6.07) is 9.28. The monoisotopic (exact) mass is 381 g/mol. The van der Waals surface area contributed by atoms with Crippen LogP contribution in [-0.2, 0) is 11.3 Å². The van der Waals surface area contributed by atoms with Crippen LogP contribution in [-0.4, -0.2) is 30.1 Å². The van der Waals surface area contributed by atoms with E-state index in [1.165, 1.54) is 17.4 Å². The molecule has 3 rings (SSSR count). The highest BCUT2D eigenvalue weighted by Gasteiger charge is 2.06. The van der Waals surface area contributed by atoms with Gasteiger partial charge in [0.25, 0.3) is 0 Å². The van der Waals surface area contributed by atoms with Crippen molar-refractivity contribution in [3.8, 4) is 22.1 Å². The standard InChI is InChI=1S/C20H19N3O3S/c1-25-17-5-3-14(11-18(17)26-2)4-6-19(24)22-12-16-13-27-20(23-16)15-7-9-21-10-8-15/h3-11,13H,12H2,1-2H3,(H,22,24)/b6-4+. The maximum Gasteiger partial charge on any atom is 0.244 e. The van der Waals surface area contributed by atoms with Crippen LogP contribution in [0.3, 0.4) is 0 Å². The summed E-state index contributed by atoms with van der Waals surface area (Å²) in [5.74, 6) is 1.07. The van der Waals surface area contributed by atoms with E-state index in [4.69, 9.17) is 9.47 Å². The highest BCUT2D eigenvalue weighted by Crippen LogP contribution is 2.28. The lowest BCUT2D eigenvalue weighted by Gasteiger charge is -2.07. The number of amides is 1. The molecule has 7 heteroatoms. The van der Waals surface area contributed by atoms with Gasteiger partial charge in [0.2, 0.25) is 5.91 Å². The second-order valence-corrected chi connectivity index (χ2v) is 6.40. The summed E-state index contributed by atoms with van der Waals surface area (Å²) < 4.78 is 10.5. The minimum Gasteiger partial charge on any atom is -0.493 e. The topological polar surface area (TPSA) is 73.3 Å². The fourth-order valence-corrected chi connectivity index (χ4v) is 3.21. The van der Waals surface area contributed by atoms with Gasteiger partial charge in [-0.15, -0.1) is 11.3 Å². The first-order valence-electron chi connectivity index (χ1n) is 8.22. The van der Waals surface area contributed by atoms with Gasteiger partial charge >= 0.3 is 0 Å². The molecular formula is C20H19N3O3S. The van der Waals surface area contributed by atoms with E-state index in [0.29, 0.717) is 18.0 Å². The lowest BCUT2D eigenvalue weighted by Crippen LogP contribution is -2.20. The average molecular weight is 381 g/mol. The van der Waals surface area contributed by atoms with Crippen LogP contribution in [0, 0.1) is 0 Å². The maximum atomic E-state index is 12.1. The van der Waals surface area contributed by atoms with Gasteiger partial charge in [-0.05, 0) is 35.9 Å². The van der Waals surface area contributed by atoms with Gasteiger partial charge in [-0.25, -0.2) is 4.98 Å². The Morgan fingerprint density at radius 1 is 1.15 bits per heavy atom. The smallest absolute Gasteiger partial charge is 0.244 e. The van der Waals surface area contributed by atoms with E-state index >= 15 is 0 Å². The molecule has 1 amide bonds. The number of carbonyl (C=O) groups is 1. The van der Waals surface area contributed by atoms with Crippen LogP contribution in [0.5, 0.6) is 11.5 Å². The number of hydrogen-bond acceptors (Lipinski definition) is 6. The lowest BCUT2D eigenvalue weighted by atomic mass is 10.2. The van der Waals surface area contributed by atoms with Crippen molar-refractivity contribution in [2.45, 2.75) is 6.54 Å². The van der Waals surface area contributed by atoms with Gasteiger partial charge in [-0.3, -0.25) is 9.78 Å². The quantitative estimate of drug-likeness (QED) is 0.634. The fourth-order valence-electron chi connectivity index (χ4n) is 2.38. The summed E-state index contributed by atoms with van der Waals surface area (Å²) in [5, 5.41) is 5.68. The van der Waals surface area contributed by atoms with E-state index < -0.39 is 0 Å². The molecule has 0 aliphatic carbocycles. The largest absolute Gasteiger partial charge is 0.493 e. The number of ether oxygens (including phenoxy) is 2. The van der Waals surface area contributed by atoms with Crippen molar-refractivity contribution in [1.82, 2.24) is 15.3 Å². The second kappa shape index (κ2) is 8.95. The molecule has 0 aliphatic rings. The number of pyridine rings is 1. The molecule has 0 spiro atoms. The Morgan fingerprint density at radius 3 is 2.67 bits per heavy atom. The molecule has 6 nitrogen and oxygen atoms in total. The number of aromatic nitrogens is 2. The summed E-state index contributed by atoms with van der Waals surface area (Å²) >= 11 is 1.54. The van der Waals surface area contributed by atoms with Gasteiger partial charge in [0.15, 0.2) is 11.5 Å². The van der Waals surface area contributed by atoms with E-state index in [2.05, 4.69) is 15.3 Å². The van der Waals surface area contributed by atoms with Gasteiger partial charge < -0.3 is 14.8 Å². The zero-order valence-corrected chi connectivity index (χ0v) is 15.8. The van der Waals surface area contributed by atoms with E-state index in [1.54, 1.807) is 38.8 Å². The predicted octanol–water partition coefficient (Wildman–Crippen LogP) is 3.55. The highest BCUT2D eigenvalue weighted by molar-refractivity contribution is 7.13. The molecule has 3 aromatic rings. The molecule has 0 atom stereocenters. The average Bonchev–Trinajstić information content (AvgIpc) is 3.20. The van der Waals surface area contributed by atoms with Crippen LogP contribution in [0.15, 0.2) is 54.2 Å². The Hall–Kier alpha value is -3.19. The van der Waals surface area contributed by atoms with Crippen molar-refractivity contribution < 1.29 is 14.3 Å². The number of nitrogens with zero attached hydrogens (tertiary/aromatic N) is 2. The van der Waals surface area contributed by atoms with Crippen LogP contribution in [0.4, 0.5) is 0 Å². The second-order valence-electron chi connectivity index (χ2n) is 5.55. The fraction of sp³-hybridized carbons (Fsp3) is 0.150. The number of rotatable bonds is 7. The molecule has 2 aromatic heterocycles. The van der Waals surface area contributed by atoms with Gasteiger partial charge in [-0.2, -0.15) is 0 Å². The zero-order chi connectivity index (χ0) is 19.1. The van der Waals surface area contributed by atoms with Crippen molar-refractivity contribution in [3.63, 3.8) is 0 Å². The van der Waals surface area contributed by atoms with Gasteiger partial charge in [0, 0.05) is 29.4 Å². The van der Waals surface area contributed by atoms with E-state index in [9.17, 15) is 4.79 Å². The minimum absolute atomic E-state index is 0.191. The van der Waals surface area contributed by atoms with Gasteiger partial charge in [-0.1, -0.05) is 6.07 Å². The summed E-state index contributed by atoms with van der Waals surface area (Å²) in [6.45, 7) is 0.372. The molecular weight excluding hydrogens is 362 g/mol. The molecule has 27 heavy (non-hydrogen) atoms. The van der Waals surface area contributed by atoms with Crippen molar-refractivity contribution in [3.05, 3.63) is 65.4 Å². The first kappa shape index (κ1) is 18.6. The summed E-state index contributed by atoms with van der Waals surface area (Å²) in [7, 11) is 3.16. The number of methoxy groups -OCH3 is 2. The zero-order valence-electron chi connectivity index (χ0n) is 15.0. The summed E-state index contributed by atoms with van der Waals surface area (Å²) in [6.07, 6.45) is 6.67. The first-order valence-corrected chi connectivity index (χ1v) is 9.10. The molecule has 2 heterocycles. The SMILES string of the molecule is COc1ccc(/C=C/C(=O)NCc2csc(-c3ccncc3)n2)cc1OC.